The fourth-order valence-electron chi connectivity index (χ4n) is 2.67. The van der Waals surface area contributed by atoms with Crippen LogP contribution >= 0.6 is 0 Å². The Morgan fingerprint density at radius 2 is 1.74 bits per heavy atom. The average molecular weight is 362 g/mol. The zero-order valence-corrected chi connectivity index (χ0v) is 15.3. The quantitative estimate of drug-likeness (QED) is 0.600. The first-order valence-electron chi connectivity index (χ1n) is 8.84. The summed E-state index contributed by atoms with van der Waals surface area (Å²) < 4.78 is 5.11. The molecule has 0 radical (unpaired) electrons. The topological polar surface area (TPSA) is 76.1 Å². The summed E-state index contributed by atoms with van der Waals surface area (Å²) in [4.78, 5) is 20.6. The van der Waals surface area contributed by atoms with E-state index in [-0.39, 0.29) is 12.0 Å². The third-order valence-corrected chi connectivity index (χ3v) is 4.02. The van der Waals surface area contributed by atoms with E-state index < -0.39 is 0 Å². The lowest BCUT2D eigenvalue weighted by molar-refractivity contribution is 0.0527. The van der Waals surface area contributed by atoms with Gasteiger partial charge in [-0.05, 0) is 31.5 Å². The van der Waals surface area contributed by atoms with Crippen molar-refractivity contribution in [2.24, 2.45) is 0 Å². The number of benzene rings is 2. The molecule has 3 aromatic rings. The molecule has 1 aromatic heterocycles. The van der Waals surface area contributed by atoms with Gasteiger partial charge in [0.25, 0.3) is 0 Å². The van der Waals surface area contributed by atoms with Crippen molar-refractivity contribution in [3.63, 3.8) is 0 Å². The molecule has 0 saturated heterocycles. The van der Waals surface area contributed by atoms with Gasteiger partial charge in [0, 0.05) is 12.1 Å². The average Bonchev–Trinajstić information content (AvgIpc) is 2.69. The normalized spacial score (nSPS) is 11.5. The molecule has 0 fully saturated rings. The maximum Gasteiger partial charge on any atom is 0.340 e. The lowest BCUT2D eigenvalue weighted by Crippen LogP contribution is -2.10. The van der Waals surface area contributed by atoms with Crippen LogP contribution in [0.5, 0.6) is 0 Å². The Morgan fingerprint density at radius 3 is 2.52 bits per heavy atom. The second-order valence-corrected chi connectivity index (χ2v) is 5.96. The summed E-state index contributed by atoms with van der Waals surface area (Å²) in [6, 6.07) is 19.2. The number of anilines is 3. The molecule has 0 bridgehead atoms. The minimum atomic E-state index is -0.370. The Labute approximate surface area is 158 Å². The van der Waals surface area contributed by atoms with Gasteiger partial charge in [0.15, 0.2) is 0 Å². The molecule has 138 valence electrons. The summed E-state index contributed by atoms with van der Waals surface area (Å²) in [5, 5.41) is 6.53. The van der Waals surface area contributed by atoms with Crippen LogP contribution in [0, 0.1) is 0 Å². The van der Waals surface area contributed by atoms with E-state index in [0.29, 0.717) is 29.5 Å². The SMILES string of the molecule is CCOC(=O)c1ccccc1Nc1cc(NC(C)c2ccccc2)ncn1. The number of aromatic nitrogens is 2. The van der Waals surface area contributed by atoms with Crippen LogP contribution in [0.1, 0.15) is 35.8 Å². The molecule has 27 heavy (non-hydrogen) atoms. The number of hydrogen-bond donors (Lipinski definition) is 2. The molecule has 6 nitrogen and oxygen atoms in total. The maximum atomic E-state index is 12.1. The highest BCUT2D eigenvalue weighted by Gasteiger charge is 2.13. The molecule has 6 heteroatoms. The van der Waals surface area contributed by atoms with Crippen molar-refractivity contribution in [1.29, 1.82) is 0 Å². The predicted molar refractivity (Wildman–Crippen MR) is 106 cm³/mol. The largest absolute Gasteiger partial charge is 0.462 e. The lowest BCUT2D eigenvalue weighted by Gasteiger charge is -2.16. The molecule has 0 aliphatic carbocycles. The van der Waals surface area contributed by atoms with Crippen LogP contribution in [-0.4, -0.2) is 22.5 Å². The van der Waals surface area contributed by atoms with Crippen LogP contribution in [0.2, 0.25) is 0 Å². The van der Waals surface area contributed by atoms with E-state index in [1.807, 2.05) is 30.3 Å². The van der Waals surface area contributed by atoms with Gasteiger partial charge in [-0.15, -0.1) is 0 Å². The maximum absolute atomic E-state index is 12.1. The zero-order valence-electron chi connectivity index (χ0n) is 15.3. The summed E-state index contributed by atoms with van der Waals surface area (Å²) in [6.45, 7) is 4.18. The van der Waals surface area contributed by atoms with E-state index in [2.05, 4.69) is 39.7 Å². The standard InChI is InChI=1S/C21H22N4O2/c1-3-27-21(26)17-11-7-8-12-18(17)25-20-13-19(22-14-23-20)24-15(2)16-9-5-4-6-10-16/h4-15H,3H2,1-2H3,(H2,22,23,24,25). The van der Waals surface area contributed by atoms with E-state index in [4.69, 9.17) is 4.74 Å². The molecule has 0 amide bonds. The van der Waals surface area contributed by atoms with E-state index in [1.54, 1.807) is 25.1 Å². The molecule has 3 rings (SSSR count). The first kappa shape index (κ1) is 18.4. The predicted octanol–water partition coefficient (Wildman–Crippen LogP) is 4.57. The second-order valence-electron chi connectivity index (χ2n) is 5.96. The highest BCUT2D eigenvalue weighted by Crippen LogP contribution is 2.23. The lowest BCUT2D eigenvalue weighted by atomic mass is 10.1. The van der Waals surface area contributed by atoms with Gasteiger partial charge in [0.2, 0.25) is 0 Å². The first-order valence-corrected chi connectivity index (χ1v) is 8.84. The van der Waals surface area contributed by atoms with E-state index >= 15 is 0 Å². The number of ether oxygens (including phenoxy) is 1. The summed E-state index contributed by atoms with van der Waals surface area (Å²) >= 11 is 0. The highest BCUT2D eigenvalue weighted by molar-refractivity contribution is 5.96. The van der Waals surface area contributed by atoms with Gasteiger partial charge in [-0.2, -0.15) is 0 Å². The number of hydrogen-bond acceptors (Lipinski definition) is 6. The first-order chi connectivity index (χ1) is 13.2. The summed E-state index contributed by atoms with van der Waals surface area (Å²) in [5.74, 6) is 0.910. The summed E-state index contributed by atoms with van der Waals surface area (Å²) in [6.07, 6.45) is 1.48. The van der Waals surface area contributed by atoms with Crippen molar-refractivity contribution < 1.29 is 9.53 Å². The van der Waals surface area contributed by atoms with Gasteiger partial charge in [0.05, 0.1) is 17.9 Å². The van der Waals surface area contributed by atoms with E-state index in [0.717, 1.165) is 0 Å². The van der Waals surface area contributed by atoms with Crippen LogP contribution < -0.4 is 10.6 Å². The highest BCUT2D eigenvalue weighted by atomic mass is 16.5. The molecule has 0 aliphatic heterocycles. The van der Waals surface area contributed by atoms with Crippen LogP contribution in [0.3, 0.4) is 0 Å². The van der Waals surface area contributed by atoms with Crippen LogP contribution in [-0.2, 0) is 4.74 Å². The smallest absolute Gasteiger partial charge is 0.340 e. The second kappa shape index (κ2) is 8.80. The van der Waals surface area contributed by atoms with Crippen molar-refractivity contribution in [3.05, 3.63) is 78.1 Å². The number of esters is 1. The molecule has 1 unspecified atom stereocenters. The van der Waals surface area contributed by atoms with Gasteiger partial charge >= 0.3 is 5.97 Å². The Morgan fingerprint density at radius 1 is 1.04 bits per heavy atom. The van der Waals surface area contributed by atoms with Crippen molar-refractivity contribution in [2.45, 2.75) is 19.9 Å². The molecule has 0 spiro atoms. The monoisotopic (exact) mass is 362 g/mol. The molecule has 2 aromatic carbocycles. The van der Waals surface area contributed by atoms with Crippen molar-refractivity contribution >= 4 is 23.3 Å². The third kappa shape index (κ3) is 4.82. The van der Waals surface area contributed by atoms with Crippen LogP contribution in [0.4, 0.5) is 17.3 Å². The van der Waals surface area contributed by atoms with Crippen LogP contribution in [0.15, 0.2) is 67.0 Å². The number of nitrogens with zero attached hydrogens (tertiary/aromatic N) is 2. The minimum Gasteiger partial charge on any atom is -0.462 e. The third-order valence-electron chi connectivity index (χ3n) is 4.02. The minimum absolute atomic E-state index is 0.0979. The molecule has 2 N–H and O–H groups in total. The van der Waals surface area contributed by atoms with Gasteiger partial charge in [0.1, 0.15) is 18.0 Å². The summed E-state index contributed by atoms with van der Waals surface area (Å²) in [7, 11) is 0. The fraction of sp³-hybridized carbons (Fsp3) is 0.190. The fourth-order valence-corrected chi connectivity index (χ4v) is 2.67. The Bertz CT molecular complexity index is 899. The van der Waals surface area contributed by atoms with Crippen LogP contribution in [0.25, 0.3) is 0 Å². The molecule has 1 heterocycles. The van der Waals surface area contributed by atoms with Crippen molar-refractivity contribution in [1.82, 2.24) is 9.97 Å². The number of carbonyl (C=O) groups excluding carboxylic acids is 1. The summed E-state index contributed by atoms with van der Waals surface area (Å²) in [5.41, 5.74) is 2.26. The Kier molecular flexibility index (Phi) is 5.99. The van der Waals surface area contributed by atoms with Crippen molar-refractivity contribution in [3.8, 4) is 0 Å². The molecule has 1 atom stereocenters. The molecular formula is C21H22N4O2. The molecular weight excluding hydrogens is 340 g/mol. The van der Waals surface area contributed by atoms with E-state index in [9.17, 15) is 4.79 Å². The van der Waals surface area contributed by atoms with Gasteiger partial charge in [-0.1, -0.05) is 42.5 Å². The molecule has 0 saturated carbocycles. The molecule has 0 aliphatic rings. The zero-order chi connectivity index (χ0) is 19.1. The van der Waals surface area contributed by atoms with E-state index in [1.165, 1.54) is 11.9 Å². The van der Waals surface area contributed by atoms with Gasteiger partial charge in [-0.3, -0.25) is 0 Å². The Balaban J connectivity index is 1.76. The van der Waals surface area contributed by atoms with Gasteiger partial charge < -0.3 is 15.4 Å². The number of nitrogens with one attached hydrogen (secondary N) is 2. The Hall–Kier alpha value is -3.41. The number of carbonyl (C=O) groups is 1. The van der Waals surface area contributed by atoms with Crippen molar-refractivity contribution in [2.75, 3.05) is 17.2 Å². The van der Waals surface area contributed by atoms with Gasteiger partial charge in [-0.25, -0.2) is 14.8 Å². The number of para-hydroxylation sites is 1. The number of rotatable bonds is 7.